The van der Waals surface area contributed by atoms with Crippen molar-refractivity contribution in [2.45, 2.75) is 24.9 Å². The second-order valence-corrected chi connectivity index (χ2v) is 8.87. The lowest BCUT2D eigenvalue weighted by Gasteiger charge is -2.30. The average Bonchev–Trinajstić information content (AvgIpc) is 2.97. The van der Waals surface area contributed by atoms with Gasteiger partial charge in [0.25, 0.3) is 0 Å². The van der Waals surface area contributed by atoms with Gasteiger partial charge in [0.15, 0.2) is 23.0 Å². The molecule has 4 rings (SSSR count). The quantitative estimate of drug-likeness (QED) is 0.240. The summed E-state index contributed by atoms with van der Waals surface area (Å²) in [5.74, 6) is 2.93. The standard InChI is InChI=1S/C32H35NO4/c1-34-28-17-15-25(20-30(28)36-3)27(19-23-11-7-5-8-12-23)32(33-22-24-13-9-6-10-14-24)26-16-18-29(35-2)31(21-26)37-4/h5-18,20-21,27,32-33H,19,22H2,1-4H3/t27-,32+/m0/s1. The van der Waals surface area contributed by atoms with Gasteiger partial charge >= 0.3 is 0 Å². The summed E-state index contributed by atoms with van der Waals surface area (Å²) >= 11 is 0. The molecule has 5 nitrogen and oxygen atoms in total. The van der Waals surface area contributed by atoms with E-state index in [9.17, 15) is 0 Å². The molecule has 0 saturated carbocycles. The molecule has 0 unspecified atom stereocenters. The second kappa shape index (κ2) is 12.8. The van der Waals surface area contributed by atoms with Crippen LogP contribution in [0.25, 0.3) is 0 Å². The molecule has 37 heavy (non-hydrogen) atoms. The minimum absolute atomic E-state index is 0.0293. The minimum Gasteiger partial charge on any atom is -0.493 e. The summed E-state index contributed by atoms with van der Waals surface area (Å²) in [5, 5.41) is 3.86. The Morgan fingerprint density at radius 3 is 1.57 bits per heavy atom. The van der Waals surface area contributed by atoms with Crippen molar-refractivity contribution >= 4 is 0 Å². The fourth-order valence-corrected chi connectivity index (χ4v) is 4.74. The van der Waals surface area contributed by atoms with Gasteiger partial charge < -0.3 is 24.3 Å². The Kier molecular flexibility index (Phi) is 9.06. The van der Waals surface area contributed by atoms with Gasteiger partial charge in [-0.25, -0.2) is 0 Å². The summed E-state index contributed by atoms with van der Waals surface area (Å²) in [5.41, 5.74) is 4.75. The Hall–Kier alpha value is -3.96. The lowest BCUT2D eigenvalue weighted by molar-refractivity contribution is 0.351. The van der Waals surface area contributed by atoms with Gasteiger partial charge in [0.2, 0.25) is 0 Å². The molecule has 2 atom stereocenters. The number of benzene rings is 4. The van der Waals surface area contributed by atoms with Crippen LogP contribution in [0, 0.1) is 0 Å². The van der Waals surface area contributed by atoms with E-state index in [0.29, 0.717) is 23.0 Å². The van der Waals surface area contributed by atoms with Crippen molar-refractivity contribution in [2.24, 2.45) is 0 Å². The van der Waals surface area contributed by atoms with Crippen LogP contribution in [0.2, 0.25) is 0 Å². The van der Waals surface area contributed by atoms with Crippen LogP contribution in [-0.4, -0.2) is 28.4 Å². The van der Waals surface area contributed by atoms with Crippen molar-refractivity contribution in [2.75, 3.05) is 28.4 Å². The lowest BCUT2D eigenvalue weighted by atomic mass is 9.82. The molecule has 0 radical (unpaired) electrons. The van der Waals surface area contributed by atoms with Crippen LogP contribution in [0.3, 0.4) is 0 Å². The van der Waals surface area contributed by atoms with Gasteiger partial charge in [-0.2, -0.15) is 0 Å². The van der Waals surface area contributed by atoms with Crippen molar-refractivity contribution < 1.29 is 18.9 Å². The zero-order valence-electron chi connectivity index (χ0n) is 21.9. The van der Waals surface area contributed by atoms with E-state index in [1.165, 1.54) is 11.1 Å². The first-order chi connectivity index (χ1) is 18.2. The van der Waals surface area contributed by atoms with Crippen molar-refractivity contribution in [3.05, 3.63) is 119 Å². The molecule has 0 aromatic heterocycles. The number of ether oxygens (including phenoxy) is 4. The summed E-state index contributed by atoms with van der Waals surface area (Å²) in [4.78, 5) is 0. The predicted molar refractivity (Wildman–Crippen MR) is 148 cm³/mol. The summed E-state index contributed by atoms with van der Waals surface area (Å²) in [6.07, 6.45) is 0.830. The highest BCUT2D eigenvalue weighted by atomic mass is 16.5. The monoisotopic (exact) mass is 497 g/mol. The molecule has 1 N–H and O–H groups in total. The summed E-state index contributed by atoms with van der Waals surface area (Å²) in [6, 6.07) is 33.4. The van der Waals surface area contributed by atoms with Crippen LogP contribution < -0.4 is 24.3 Å². The largest absolute Gasteiger partial charge is 0.493 e. The van der Waals surface area contributed by atoms with Crippen LogP contribution in [0.5, 0.6) is 23.0 Å². The third-order valence-electron chi connectivity index (χ3n) is 6.67. The Balaban J connectivity index is 1.81. The maximum atomic E-state index is 5.68. The predicted octanol–water partition coefficient (Wildman–Crippen LogP) is 6.58. The molecule has 4 aromatic carbocycles. The molecule has 5 heteroatoms. The van der Waals surface area contributed by atoms with E-state index in [-0.39, 0.29) is 12.0 Å². The lowest BCUT2D eigenvalue weighted by Crippen LogP contribution is -2.28. The van der Waals surface area contributed by atoms with Gasteiger partial charge in [0.1, 0.15) is 0 Å². The first-order valence-electron chi connectivity index (χ1n) is 12.4. The van der Waals surface area contributed by atoms with Crippen LogP contribution >= 0.6 is 0 Å². The Labute approximate surface area is 220 Å². The molecule has 0 heterocycles. The van der Waals surface area contributed by atoms with Crippen molar-refractivity contribution in [1.82, 2.24) is 5.32 Å². The summed E-state index contributed by atoms with van der Waals surface area (Å²) in [7, 11) is 6.66. The number of methoxy groups -OCH3 is 4. The molecule has 0 fully saturated rings. The third-order valence-corrected chi connectivity index (χ3v) is 6.67. The smallest absolute Gasteiger partial charge is 0.161 e. The van der Waals surface area contributed by atoms with Gasteiger partial charge in [-0.3, -0.25) is 0 Å². The molecule has 0 aliphatic rings. The van der Waals surface area contributed by atoms with Crippen LogP contribution in [0.15, 0.2) is 97.1 Å². The number of rotatable bonds is 12. The van der Waals surface area contributed by atoms with E-state index in [2.05, 4.69) is 78.1 Å². The van der Waals surface area contributed by atoms with Crippen molar-refractivity contribution in [3.8, 4) is 23.0 Å². The van der Waals surface area contributed by atoms with Gasteiger partial charge in [0, 0.05) is 18.5 Å². The normalized spacial score (nSPS) is 12.4. The first-order valence-corrected chi connectivity index (χ1v) is 12.4. The Bertz CT molecular complexity index is 1260. The minimum atomic E-state index is -0.0293. The van der Waals surface area contributed by atoms with E-state index in [1.54, 1.807) is 28.4 Å². The number of nitrogens with one attached hydrogen (secondary N) is 1. The van der Waals surface area contributed by atoms with Gasteiger partial charge in [-0.15, -0.1) is 0 Å². The van der Waals surface area contributed by atoms with E-state index in [4.69, 9.17) is 18.9 Å². The van der Waals surface area contributed by atoms with Gasteiger partial charge in [0.05, 0.1) is 28.4 Å². The zero-order chi connectivity index (χ0) is 26.0. The summed E-state index contributed by atoms with van der Waals surface area (Å²) in [6.45, 7) is 0.721. The van der Waals surface area contributed by atoms with Crippen molar-refractivity contribution in [1.29, 1.82) is 0 Å². The van der Waals surface area contributed by atoms with E-state index >= 15 is 0 Å². The fraction of sp³-hybridized carbons (Fsp3) is 0.250. The maximum absolute atomic E-state index is 5.68. The Morgan fingerprint density at radius 2 is 1.03 bits per heavy atom. The maximum Gasteiger partial charge on any atom is 0.161 e. The van der Waals surface area contributed by atoms with E-state index in [0.717, 1.165) is 24.1 Å². The van der Waals surface area contributed by atoms with E-state index < -0.39 is 0 Å². The highest BCUT2D eigenvalue weighted by Gasteiger charge is 2.27. The molecule has 0 amide bonds. The van der Waals surface area contributed by atoms with Crippen LogP contribution in [-0.2, 0) is 13.0 Å². The van der Waals surface area contributed by atoms with E-state index in [1.807, 2.05) is 24.3 Å². The molecule has 0 aliphatic heterocycles. The molecule has 0 bridgehead atoms. The molecular formula is C32H35NO4. The highest BCUT2D eigenvalue weighted by molar-refractivity contribution is 5.47. The molecule has 0 aliphatic carbocycles. The van der Waals surface area contributed by atoms with Gasteiger partial charge in [-0.05, 0) is 52.9 Å². The van der Waals surface area contributed by atoms with Crippen LogP contribution in [0.1, 0.15) is 34.2 Å². The van der Waals surface area contributed by atoms with Gasteiger partial charge in [-0.1, -0.05) is 72.8 Å². The average molecular weight is 498 g/mol. The Morgan fingerprint density at radius 1 is 0.541 bits per heavy atom. The second-order valence-electron chi connectivity index (χ2n) is 8.87. The molecule has 0 saturated heterocycles. The molecule has 192 valence electrons. The summed E-state index contributed by atoms with van der Waals surface area (Å²) < 4.78 is 22.4. The number of hydrogen-bond acceptors (Lipinski definition) is 5. The highest BCUT2D eigenvalue weighted by Crippen LogP contribution is 2.40. The topological polar surface area (TPSA) is 49.0 Å². The molecular weight excluding hydrogens is 462 g/mol. The molecule has 4 aromatic rings. The fourth-order valence-electron chi connectivity index (χ4n) is 4.74. The van der Waals surface area contributed by atoms with Crippen LogP contribution in [0.4, 0.5) is 0 Å². The SMILES string of the molecule is COc1ccc([C@@H](NCc2ccccc2)[C@@H](Cc2ccccc2)c2ccc(OC)c(OC)c2)cc1OC. The molecule has 0 spiro atoms. The third kappa shape index (κ3) is 6.43. The van der Waals surface area contributed by atoms with Crippen molar-refractivity contribution in [3.63, 3.8) is 0 Å². The first kappa shape index (κ1) is 26.1. The zero-order valence-corrected chi connectivity index (χ0v) is 21.9. The number of hydrogen-bond donors (Lipinski definition) is 1.